The summed E-state index contributed by atoms with van der Waals surface area (Å²) in [6.45, 7) is 4.13. The topological polar surface area (TPSA) is 15.3 Å². The summed E-state index contributed by atoms with van der Waals surface area (Å²) in [6, 6.07) is 10.4. The van der Waals surface area contributed by atoms with Crippen LogP contribution in [0.1, 0.15) is 0 Å². The van der Waals surface area contributed by atoms with Crippen LogP contribution in [0.4, 0.5) is 0 Å². The summed E-state index contributed by atoms with van der Waals surface area (Å²) in [4.78, 5) is 3.52. The average molecular weight is 270 g/mol. The maximum atomic E-state index is 5.41. The van der Waals surface area contributed by atoms with Crippen LogP contribution in [0.25, 0.3) is 0 Å². The van der Waals surface area contributed by atoms with Crippen LogP contribution in [-0.2, 0) is 0 Å². The summed E-state index contributed by atoms with van der Waals surface area (Å²) in [5, 5.41) is 3.33. The van der Waals surface area contributed by atoms with Crippen molar-refractivity contribution in [2.75, 3.05) is 26.2 Å². The van der Waals surface area contributed by atoms with E-state index in [1.54, 1.807) is 21.6 Å². The second-order valence-electron chi connectivity index (χ2n) is 3.48. The molecule has 1 aliphatic rings. The first-order valence-electron chi connectivity index (χ1n) is 5.25. The molecule has 1 aliphatic heterocycles. The third-order valence-corrected chi connectivity index (χ3v) is 5.40. The highest BCUT2D eigenvalue weighted by Crippen LogP contribution is 2.32. The maximum Gasteiger partial charge on any atom is 0.147 e. The van der Waals surface area contributed by atoms with Crippen molar-refractivity contribution in [3.05, 3.63) is 30.3 Å². The van der Waals surface area contributed by atoms with E-state index in [4.69, 9.17) is 12.2 Å². The van der Waals surface area contributed by atoms with Gasteiger partial charge >= 0.3 is 0 Å². The zero-order valence-electron chi connectivity index (χ0n) is 8.89. The third kappa shape index (κ3) is 3.66. The van der Waals surface area contributed by atoms with E-state index in [-0.39, 0.29) is 0 Å². The van der Waals surface area contributed by atoms with Crippen LogP contribution in [0.15, 0.2) is 35.2 Å². The molecule has 1 aromatic rings. The molecular weight excluding hydrogens is 256 g/mol. The minimum Gasteiger partial charge on any atom is -0.354 e. The molecule has 1 saturated heterocycles. The lowest BCUT2D eigenvalue weighted by Gasteiger charge is -2.28. The lowest BCUT2D eigenvalue weighted by atomic mass is 10.4. The van der Waals surface area contributed by atoms with E-state index in [1.165, 1.54) is 4.90 Å². The van der Waals surface area contributed by atoms with Crippen LogP contribution in [0.3, 0.4) is 0 Å². The molecule has 86 valence electrons. The number of nitrogens with one attached hydrogen (secondary N) is 1. The Hall–Kier alpha value is -0.230. The summed E-state index contributed by atoms with van der Waals surface area (Å²) in [5.41, 5.74) is 0. The molecule has 1 fully saturated rings. The normalized spacial score (nSPS) is 16.1. The van der Waals surface area contributed by atoms with Gasteiger partial charge in [-0.1, -0.05) is 41.2 Å². The number of piperazine rings is 1. The second-order valence-corrected chi connectivity index (χ2v) is 6.32. The molecule has 2 rings (SSSR count). The van der Waals surface area contributed by atoms with Crippen molar-refractivity contribution in [3.8, 4) is 0 Å². The monoisotopic (exact) mass is 270 g/mol. The van der Waals surface area contributed by atoms with Crippen LogP contribution >= 0.6 is 33.8 Å². The summed E-state index contributed by atoms with van der Waals surface area (Å²) in [6.07, 6.45) is 0. The van der Waals surface area contributed by atoms with Crippen molar-refractivity contribution in [1.29, 1.82) is 0 Å². The summed E-state index contributed by atoms with van der Waals surface area (Å²) in [5.74, 6) is 0. The fourth-order valence-electron chi connectivity index (χ4n) is 1.46. The Balaban J connectivity index is 1.79. The first kappa shape index (κ1) is 12.2. The van der Waals surface area contributed by atoms with Gasteiger partial charge in [0, 0.05) is 31.1 Å². The predicted octanol–water partition coefficient (Wildman–Crippen LogP) is 2.62. The zero-order valence-corrected chi connectivity index (χ0v) is 11.3. The quantitative estimate of drug-likeness (QED) is 0.654. The molecule has 1 heterocycles. The van der Waals surface area contributed by atoms with Crippen LogP contribution in [-0.4, -0.2) is 35.4 Å². The minimum absolute atomic E-state index is 0.996. The standard InChI is InChI=1S/C11H14N2S3/c14-11(13-8-6-12-7-9-13)16-15-10-4-2-1-3-5-10/h1-5,12H,6-9H2. The molecule has 16 heavy (non-hydrogen) atoms. The Morgan fingerprint density at radius 2 is 1.88 bits per heavy atom. The van der Waals surface area contributed by atoms with Crippen molar-refractivity contribution in [3.63, 3.8) is 0 Å². The maximum absolute atomic E-state index is 5.41. The van der Waals surface area contributed by atoms with E-state index in [0.29, 0.717) is 0 Å². The molecular formula is C11H14N2S3. The Kier molecular flexibility index (Phi) is 4.96. The summed E-state index contributed by atoms with van der Waals surface area (Å²) < 4.78 is 0.996. The van der Waals surface area contributed by atoms with Gasteiger partial charge in [0.2, 0.25) is 0 Å². The van der Waals surface area contributed by atoms with Gasteiger partial charge in [-0.15, -0.1) is 0 Å². The van der Waals surface area contributed by atoms with Crippen molar-refractivity contribution >= 4 is 38.1 Å². The van der Waals surface area contributed by atoms with E-state index < -0.39 is 0 Å². The van der Waals surface area contributed by atoms with Crippen molar-refractivity contribution < 1.29 is 0 Å². The van der Waals surface area contributed by atoms with Gasteiger partial charge in [-0.05, 0) is 22.9 Å². The van der Waals surface area contributed by atoms with E-state index in [0.717, 1.165) is 30.5 Å². The summed E-state index contributed by atoms with van der Waals surface area (Å²) >= 11 is 5.41. The lowest BCUT2D eigenvalue weighted by Crippen LogP contribution is -2.44. The molecule has 0 saturated carbocycles. The smallest absolute Gasteiger partial charge is 0.147 e. The van der Waals surface area contributed by atoms with E-state index in [9.17, 15) is 0 Å². The molecule has 1 aromatic carbocycles. The summed E-state index contributed by atoms with van der Waals surface area (Å²) in [7, 11) is 3.42. The Bertz CT molecular complexity index is 336. The van der Waals surface area contributed by atoms with Crippen LogP contribution < -0.4 is 5.32 Å². The van der Waals surface area contributed by atoms with Crippen LogP contribution in [0.2, 0.25) is 0 Å². The third-order valence-electron chi connectivity index (χ3n) is 2.33. The number of nitrogens with zero attached hydrogens (tertiary/aromatic N) is 1. The van der Waals surface area contributed by atoms with Gasteiger partial charge in [-0.2, -0.15) is 0 Å². The molecule has 0 spiro atoms. The molecule has 2 nitrogen and oxygen atoms in total. The Morgan fingerprint density at radius 3 is 2.56 bits per heavy atom. The number of thiocarbonyl (C=S) groups is 1. The highest BCUT2D eigenvalue weighted by Gasteiger charge is 2.13. The first-order chi connectivity index (χ1) is 7.86. The van der Waals surface area contributed by atoms with E-state index >= 15 is 0 Å². The molecule has 0 aromatic heterocycles. The van der Waals surface area contributed by atoms with Gasteiger partial charge < -0.3 is 10.2 Å². The highest BCUT2D eigenvalue weighted by molar-refractivity contribution is 8.83. The molecule has 0 bridgehead atoms. The molecule has 0 aliphatic carbocycles. The lowest BCUT2D eigenvalue weighted by molar-refractivity contribution is 0.368. The molecule has 0 atom stereocenters. The second kappa shape index (κ2) is 6.49. The molecule has 0 unspecified atom stereocenters. The fraction of sp³-hybridized carbons (Fsp3) is 0.364. The SMILES string of the molecule is S=C(SSc1ccccc1)N1CCNCC1. The number of rotatable bonds is 2. The van der Waals surface area contributed by atoms with Crippen LogP contribution in [0.5, 0.6) is 0 Å². The van der Waals surface area contributed by atoms with E-state index in [1.807, 2.05) is 6.07 Å². The molecule has 0 radical (unpaired) electrons. The van der Waals surface area contributed by atoms with Crippen molar-refractivity contribution in [2.45, 2.75) is 4.90 Å². The molecule has 5 heteroatoms. The Morgan fingerprint density at radius 1 is 1.19 bits per heavy atom. The van der Waals surface area contributed by atoms with E-state index in [2.05, 4.69) is 34.5 Å². The largest absolute Gasteiger partial charge is 0.354 e. The number of hydrogen-bond donors (Lipinski definition) is 1. The van der Waals surface area contributed by atoms with Crippen molar-refractivity contribution in [2.24, 2.45) is 0 Å². The number of hydrogen-bond acceptors (Lipinski definition) is 4. The van der Waals surface area contributed by atoms with Gasteiger partial charge in [0.05, 0.1) is 0 Å². The van der Waals surface area contributed by atoms with Gasteiger partial charge in [0.25, 0.3) is 0 Å². The predicted molar refractivity (Wildman–Crippen MR) is 76.9 cm³/mol. The number of benzene rings is 1. The van der Waals surface area contributed by atoms with Crippen molar-refractivity contribution in [1.82, 2.24) is 10.2 Å². The first-order valence-corrected chi connectivity index (χ1v) is 7.81. The molecule has 0 amide bonds. The minimum atomic E-state index is 0.996. The van der Waals surface area contributed by atoms with Gasteiger partial charge in [0.1, 0.15) is 4.32 Å². The molecule has 1 N–H and O–H groups in total. The average Bonchev–Trinajstić information content (AvgIpc) is 2.38. The van der Waals surface area contributed by atoms with Gasteiger partial charge in [0.15, 0.2) is 0 Å². The van der Waals surface area contributed by atoms with Gasteiger partial charge in [-0.3, -0.25) is 0 Å². The fourth-order valence-corrected chi connectivity index (χ4v) is 3.82. The highest BCUT2D eigenvalue weighted by atomic mass is 33.1. The van der Waals surface area contributed by atoms with Gasteiger partial charge in [-0.25, -0.2) is 0 Å². The zero-order chi connectivity index (χ0) is 11.2. The Labute approximate surface area is 110 Å². The van der Waals surface area contributed by atoms with Crippen LogP contribution in [0, 0.1) is 0 Å².